The van der Waals surface area contributed by atoms with Crippen LogP contribution < -0.4 is 0 Å². The molecule has 2 aliphatic rings. The van der Waals surface area contributed by atoms with Crippen LogP contribution in [0, 0.1) is 11.7 Å². The number of aliphatic imine (C=N–C) groups is 1. The molecule has 0 amide bonds. The van der Waals surface area contributed by atoms with E-state index in [-0.39, 0.29) is 5.02 Å². The fourth-order valence-corrected chi connectivity index (χ4v) is 5.25. The van der Waals surface area contributed by atoms with Crippen LogP contribution in [0.2, 0.25) is 5.02 Å². The van der Waals surface area contributed by atoms with Crippen molar-refractivity contribution in [1.82, 2.24) is 19.7 Å². The predicted octanol–water partition coefficient (Wildman–Crippen LogP) is 6.17. The Bertz CT molecular complexity index is 1200. The topological polar surface area (TPSA) is 46.3 Å². The zero-order valence-corrected chi connectivity index (χ0v) is 18.6. The molecular weight excluding hydrogens is 459 g/mol. The van der Waals surface area contributed by atoms with Crippen molar-refractivity contribution in [3.8, 4) is 0 Å². The molecule has 1 aromatic carbocycles. The van der Waals surface area contributed by atoms with E-state index in [9.17, 15) is 13.2 Å². The van der Waals surface area contributed by atoms with E-state index in [0.717, 1.165) is 41.5 Å². The van der Waals surface area contributed by atoms with Gasteiger partial charge in [0.05, 0.1) is 6.20 Å². The lowest BCUT2D eigenvalue weighted by molar-refractivity contribution is 0.0566. The first-order valence-electron chi connectivity index (χ1n) is 10.2. The highest BCUT2D eigenvalue weighted by molar-refractivity contribution is 7.11. The van der Waals surface area contributed by atoms with Gasteiger partial charge in [0.1, 0.15) is 11.9 Å². The van der Waals surface area contributed by atoms with E-state index in [1.807, 2.05) is 5.38 Å². The fourth-order valence-electron chi connectivity index (χ4n) is 4.34. The number of alkyl halides is 2. The molecule has 32 heavy (non-hydrogen) atoms. The Labute approximate surface area is 191 Å². The van der Waals surface area contributed by atoms with Gasteiger partial charge in [-0.2, -0.15) is 13.9 Å². The van der Waals surface area contributed by atoms with Crippen molar-refractivity contribution in [2.24, 2.45) is 10.9 Å². The van der Waals surface area contributed by atoms with Gasteiger partial charge in [-0.1, -0.05) is 31.0 Å². The minimum Gasteiger partial charge on any atom is -0.327 e. The quantitative estimate of drug-likeness (QED) is 0.441. The second kappa shape index (κ2) is 8.37. The maximum atomic E-state index is 13.8. The van der Waals surface area contributed by atoms with E-state index in [4.69, 9.17) is 16.6 Å². The van der Waals surface area contributed by atoms with Crippen molar-refractivity contribution < 1.29 is 13.2 Å². The highest BCUT2D eigenvalue weighted by Crippen LogP contribution is 2.47. The summed E-state index contributed by atoms with van der Waals surface area (Å²) in [5.41, 5.74) is 2.92. The summed E-state index contributed by atoms with van der Waals surface area (Å²) in [5, 5.41) is 6.73. The van der Waals surface area contributed by atoms with E-state index in [1.54, 1.807) is 12.3 Å². The number of fused-ring (bicyclic) bond motifs is 1. The van der Waals surface area contributed by atoms with Crippen molar-refractivity contribution in [1.29, 1.82) is 0 Å². The fraction of sp³-hybridized carbons (Fsp3) is 0.318. The number of rotatable bonds is 5. The standard InChI is InChI=1S/C22H19ClF3N5S/c1-2-12-7-17-18(13-9-28-31(11-13)22(25)26)19(15-4-3-14(24)8-16(15)23)29-20(30(17)10-12)21-27-5-6-32-21/h3-6,8-9,11-12,19,22H,2,7,10H2,1H3/t12?,19-/m0/s1. The Morgan fingerprint density at radius 3 is 2.81 bits per heavy atom. The van der Waals surface area contributed by atoms with Gasteiger partial charge in [-0.3, -0.25) is 4.99 Å². The van der Waals surface area contributed by atoms with Crippen LogP contribution in [0.15, 0.2) is 52.9 Å². The summed E-state index contributed by atoms with van der Waals surface area (Å²) in [6.07, 6.45) is 6.22. The maximum Gasteiger partial charge on any atom is 0.333 e. The number of amidine groups is 1. The third kappa shape index (κ3) is 3.63. The minimum atomic E-state index is -2.75. The molecule has 0 N–H and O–H groups in total. The molecule has 2 atom stereocenters. The van der Waals surface area contributed by atoms with Crippen LogP contribution in [0.1, 0.15) is 48.5 Å². The first-order valence-corrected chi connectivity index (χ1v) is 11.5. The monoisotopic (exact) mass is 477 g/mol. The Hall–Kier alpha value is -2.65. The number of benzene rings is 1. The van der Waals surface area contributed by atoms with Crippen LogP contribution in [0.4, 0.5) is 13.2 Å². The van der Waals surface area contributed by atoms with Gasteiger partial charge < -0.3 is 4.90 Å². The van der Waals surface area contributed by atoms with Gasteiger partial charge in [0, 0.05) is 46.2 Å². The minimum absolute atomic E-state index is 0.232. The van der Waals surface area contributed by atoms with Crippen LogP contribution in [0.5, 0.6) is 0 Å². The van der Waals surface area contributed by atoms with Gasteiger partial charge in [-0.15, -0.1) is 11.3 Å². The molecule has 166 valence electrons. The van der Waals surface area contributed by atoms with Gasteiger partial charge in [0.25, 0.3) is 0 Å². The Morgan fingerprint density at radius 2 is 2.16 bits per heavy atom. The molecule has 2 aromatic heterocycles. The van der Waals surface area contributed by atoms with Crippen molar-refractivity contribution in [3.63, 3.8) is 0 Å². The number of nitrogens with zero attached hydrogens (tertiary/aromatic N) is 5. The molecule has 3 aromatic rings. The maximum absolute atomic E-state index is 13.8. The molecule has 0 saturated carbocycles. The summed E-state index contributed by atoms with van der Waals surface area (Å²) >= 11 is 7.92. The van der Waals surface area contributed by atoms with Crippen LogP contribution in [0.25, 0.3) is 5.57 Å². The molecule has 0 aliphatic carbocycles. The zero-order chi connectivity index (χ0) is 22.4. The summed E-state index contributed by atoms with van der Waals surface area (Å²) in [6, 6.07) is 3.58. The number of aromatic nitrogens is 3. The molecule has 5 rings (SSSR count). The second-order valence-electron chi connectivity index (χ2n) is 7.79. The smallest absolute Gasteiger partial charge is 0.327 e. The average Bonchev–Trinajstić information content (AvgIpc) is 3.52. The molecule has 0 spiro atoms. The lowest BCUT2D eigenvalue weighted by Crippen LogP contribution is -2.33. The summed E-state index contributed by atoms with van der Waals surface area (Å²) in [5.74, 6) is 0.658. The highest BCUT2D eigenvalue weighted by Gasteiger charge is 2.40. The molecule has 1 saturated heterocycles. The molecular formula is C22H19ClF3N5S. The number of thiazole rings is 1. The summed E-state index contributed by atoms with van der Waals surface area (Å²) in [4.78, 5) is 11.6. The highest BCUT2D eigenvalue weighted by atomic mass is 35.5. The number of allylic oxidation sites excluding steroid dienone is 1. The van der Waals surface area contributed by atoms with E-state index in [2.05, 4.69) is 21.9 Å². The normalized spacial score (nSPS) is 20.8. The van der Waals surface area contributed by atoms with Crippen LogP contribution in [-0.4, -0.2) is 32.0 Å². The van der Waals surface area contributed by atoms with E-state index in [0.29, 0.717) is 21.7 Å². The van der Waals surface area contributed by atoms with E-state index < -0.39 is 18.4 Å². The molecule has 4 heterocycles. The first kappa shape index (κ1) is 21.2. The van der Waals surface area contributed by atoms with Crippen molar-refractivity contribution in [3.05, 3.63) is 74.8 Å². The second-order valence-corrected chi connectivity index (χ2v) is 9.10. The third-order valence-electron chi connectivity index (χ3n) is 5.91. The molecule has 2 aliphatic heterocycles. The van der Waals surface area contributed by atoms with Crippen molar-refractivity contribution in [2.45, 2.75) is 32.4 Å². The molecule has 10 heteroatoms. The Balaban J connectivity index is 1.73. The lowest BCUT2D eigenvalue weighted by Gasteiger charge is -2.32. The largest absolute Gasteiger partial charge is 0.333 e. The summed E-state index contributed by atoms with van der Waals surface area (Å²) < 4.78 is 41.0. The average molecular weight is 478 g/mol. The van der Waals surface area contributed by atoms with Crippen LogP contribution in [-0.2, 0) is 0 Å². The van der Waals surface area contributed by atoms with Crippen molar-refractivity contribution in [2.75, 3.05) is 6.54 Å². The van der Waals surface area contributed by atoms with Gasteiger partial charge in [-0.05, 0) is 30.0 Å². The van der Waals surface area contributed by atoms with E-state index in [1.165, 1.54) is 35.9 Å². The van der Waals surface area contributed by atoms with Gasteiger partial charge in [0.2, 0.25) is 0 Å². The SMILES string of the molecule is CCC1CC2=C(c3cnn(C(F)F)c3)[C@H](c3ccc(F)cc3Cl)N=C(c3nccs3)N2C1. The number of halogens is 4. The molecule has 1 unspecified atom stereocenters. The van der Waals surface area contributed by atoms with Crippen LogP contribution >= 0.6 is 22.9 Å². The Kier molecular flexibility index (Phi) is 5.54. The molecule has 0 bridgehead atoms. The predicted molar refractivity (Wildman–Crippen MR) is 118 cm³/mol. The summed E-state index contributed by atoms with van der Waals surface area (Å²) in [6.45, 7) is 0.149. The zero-order valence-electron chi connectivity index (χ0n) is 17.1. The lowest BCUT2D eigenvalue weighted by atomic mass is 9.90. The van der Waals surface area contributed by atoms with Crippen LogP contribution in [0.3, 0.4) is 0 Å². The van der Waals surface area contributed by atoms with Gasteiger partial charge in [0.15, 0.2) is 10.8 Å². The van der Waals surface area contributed by atoms with Crippen molar-refractivity contribution >= 4 is 34.3 Å². The summed E-state index contributed by atoms with van der Waals surface area (Å²) in [7, 11) is 0. The molecule has 0 radical (unpaired) electrons. The number of hydrogen-bond acceptors (Lipinski definition) is 5. The molecule has 5 nitrogen and oxygen atoms in total. The Morgan fingerprint density at radius 1 is 1.31 bits per heavy atom. The first-order chi connectivity index (χ1) is 15.5. The van der Waals surface area contributed by atoms with Gasteiger partial charge in [-0.25, -0.2) is 14.1 Å². The van der Waals surface area contributed by atoms with E-state index >= 15 is 0 Å². The number of hydrogen-bond donors (Lipinski definition) is 0. The third-order valence-corrected chi connectivity index (χ3v) is 7.01. The van der Waals surface area contributed by atoms with Gasteiger partial charge >= 0.3 is 6.55 Å². The molecule has 1 fully saturated rings.